The topological polar surface area (TPSA) is 80.4 Å². The molecule has 0 aromatic rings. The summed E-state index contributed by atoms with van der Waals surface area (Å²) < 4.78 is 10.9. The van der Waals surface area contributed by atoms with Gasteiger partial charge in [0, 0.05) is 4.91 Å². The summed E-state index contributed by atoms with van der Waals surface area (Å²) in [5, 5.41) is 8.32. The lowest BCUT2D eigenvalue weighted by Crippen LogP contribution is -2.35. The van der Waals surface area contributed by atoms with Gasteiger partial charge in [0.25, 0.3) is 0 Å². The molecular formula is C6H11NO3S. The Morgan fingerprint density at radius 1 is 1.82 bits per heavy atom. The van der Waals surface area contributed by atoms with Gasteiger partial charge >= 0.3 is 5.97 Å². The smallest absolute Gasteiger partial charge is 0.321 e. The second-order valence-corrected chi connectivity index (χ2v) is 3.88. The molecule has 64 valence electrons. The zero-order valence-electron chi connectivity index (χ0n) is 6.24. The van der Waals surface area contributed by atoms with E-state index in [4.69, 9.17) is 10.8 Å². The van der Waals surface area contributed by atoms with Gasteiger partial charge < -0.3 is 10.8 Å². The maximum Gasteiger partial charge on any atom is 0.321 e. The lowest BCUT2D eigenvalue weighted by Gasteiger charge is -2.04. The Kier molecular flexibility index (Phi) is 3.99. The van der Waals surface area contributed by atoms with E-state index in [0.29, 0.717) is 4.91 Å². The molecule has 0 saturated heterocycles. The number of hydrogen-bond donors (Lipinski definition) is 2. The molecule has 0 heterocycles. The van der Waals surface area contributed by atoms with Crippen molar-refractivity contribution >= 4 is 16.8 Å². The van der Waals surface area contributed by atoms with Crippen molar-refractivity contribution in [1.29, 1.82) is 0 Å². The van der Waals surface area contributed by atoms with Gasteiger partial charge in [0.05, 0.1) is 16.6 Å². The van der Waals surface area contributed by atoms with Crippen LogP contribution in [0, 0.1) is 0 Å². The normalized spacial score (nSPS) is 15.5. The highest BCUT2D eigenvalue weighted by Gasteiger charge is 2.14. The van der Waals surface area contributed by atoms with Crippen LogP contribution in [0.1, 0.15) is 6.92 Å². The number of allylic oxidation sites excluding steroid dienone is 1. The molecule has 0 saturated carbocycles. The van der Waals surface area contributed by atoms with Crippen LogP contribution in [-0.2, 0) is 15.6 Å². The van der Waals surface area contributed by atoms with Gasteiger partial charge in [-0.25, -0.2) is 0 Å². The van der Waals surface area contributed by atoms with Crippen molar-refractivity contribution in [2.45, 2.75) is 13.0 Å². The quantitative estimate of drug-likeness (QED) is 0.616. The number of rotatable bonds is 4. The summed E-state index contributed by atoms with van der Waals surface area (Å²) in [4.78, 5) is 10.6. The monoisotopic (exact) mass is 177 g/mol. The Morgan fingerprint density at radius 2 is 2.27 bits per heavy atom. The van der Waals surface area contributed by atoms with Crippen LogP contribution in [0.5, 0.6) is 0 Å². The predicted octanol–water partition coefficient (Wildman–Crippen LogP) is -0.319. The van der Waals surface area contributed by atoms with Crippen molar-refractivity contribution in [1.82, 2.24) is 0 Å². The molecule has 11 heavy (non-hydrogen) atoms. The maximum absolute atomic E-state index is 10.9. The minimum absolute atomic E-state index is 0.0648. The van der Waals surface area contributed by atoms with Gasteiger partial charge in [-0.15, -0.1) is 0 Å². The van der Waals surface area contributed by atoms with E-state index in [1.807, 2.05) is 0 Å². The average Bonchev–Trinajstić information content (AvgIpc) is 1.87. The molecule has 0 fully saturated rings. The van der Waals surface area contributed by atoms with E-state index in [0.717, 1.165) is 0 Å². The van der Waals surface area contributed by atoms with E-state index < -0.39 is 22.8 Å². The first-order valence-corrected chi connectivity index (χ1v) is 4.29. The third kappa shape index (κ3) is 3.90. The molecule has 0 bridgehead atoms. The molecule has 2 atom stereocenters. The zero-order chi connectivity index (χ0) is 9.02. The van der Waals surface area contributed by atoms with Crippen LogP contribution >= 0.6 is 0 Å². The molecule has 0 rings (SSSR count). The summed E-state index contributed by atoms with van der Waals surface area (Å²) in [7, 11) is -1.32. The fourth-order valence-corrected chi connectivity index (χ4v) is 1.13. The first kappa shape index (κ1) is 10.3. The summed E-state index contributed by atoms with van der Waals surface area (Å²) in [6.07, 6.45) is 0. The van der Waals surface area contributed by atoms with E-state index in [-0.39, 0.29) is 5.75 Å². The number of aliphatic carboxylic acids is 1. The van der Waals surface area contributed by atoms with E-state index >= 15 is 0 Å². The molecule has 4 nitrogen and oxygen atoms in total. The number of carboxylic acids is 1. The van der Waals surface area contributed by atoms with Crippen LogP contribution < -0.4 is 5.73 Å². The van der Waals surface area contributed by atoms with Crippen LogP contribution in [0.3, 0.4) is 0 Å². The van der Waals surface area contributed by atoms with Gasteiger partial charge in [-0.05, 0) is 6.92 Å². The molecule has 0 aliphatic carbocycles. The minimum Gasteiger partial charge on any atom is -0.480 e. The maximum atomic E-state index is 10.9. The molecule has 0 aromatic carbocycles. The Labute approximate surface area is 67.5 Å². The van der Waals surface area contributed by atoms with Crippen LogP contribution in [0.15, 0.2) is 11.5 Å². The Morgan fingerprint density at radius 3 is 2.55 bits per heavy atom. The highest BCUT2D eigenvalue weighted by atomic mass is 32.2. The number of carbonyl (C=O) groups is 1. The lowest BCUT2D eigenvalue weighted by molar-refractivity contribution is -0.137. The Hall–Kier alpha value is -0.680. The summed E-state index contributed by atoms with van der Waals surface area (Å²) in [5.41, 5.74) is 5.12. The molecule has 5 heteroatoms. The molecule has 3 N–H and O–H groups in total. The van der Waals surface area contributed by atoms with Crippen molar-refractivity contribution in [3.8, 4) is 0 Å². The highest BCUT2D eigenvalue weighted by molar-refractivity contribution is 7.89. The average molecular weight is 177 g/mol. The third-order valence-electron chi connectivity index (χ3n) is 1.04. The summed E-state index contributed by atoms with van der Waals surface area (Å²) in [5.74, 6) is -1.20. The SMILES string of the molecule is C=C(C)S(=O)C[C@H](N)C(=O)O. The fraction of sp³-hybridized carbons (Fsp3) is 0.500. The van der Waals surface area contributed by atoms with Gasteiger partial charge in [0.2, 0.25) is 0 Å². The largest absolute Gasteiger partial charge is 0.480 e. The van der Waals surface area contributed by atoms with Crippen molar-refractivity contribution in [3.63, 3.8) is 0 Å². The molecule has 0 amide bonds. The van der Waals surface area contributed by atoms with Crippen molar-refractivity contribution in [3.05, 3.63) is 11.5 Å². The second-order valence-electron chi connectivity index (χ2n) is 2.16. The molecule has 0 radical (unpaired) electrons. The molecule has 0 aliphatic heterocycles. The molecule has 0 aliphatic rings. The van der Waals surface area contributed by atoms with E-state index in [1.165, 1.54) is 0 Å². The number of carboxylic acid groups (broad SMARTS) is 1. The standard InChI is InChI=1S/C6H11NO3S/c1-4(2)11(10)3-5(7)6(8)9/h5H,1,3,7H2,2H3,(H,8,9)/t5-,11?/m0/s1. The van der Waals surface area contributed by atoms with Gasteiger partial charge in [-0.1, -0.05) is 6.58 Å². The van der Waals surface area contributed by atoms with Gasteiger partial charge in [0.1, 0.15) is 6.04 Å². The first-order chi connectivity index (χ1) is 4.95. The van der Waals surface area contributed by atoms with Crippen molar-refractivity contribution < 1.29 is 14.1 Å². The predicted molar refractivity (Wildman–Crippen MR) is 43.4 cm³/mol. The lowest BCUT2D eigenvalue weighted by atomic mass is 10.4. The van der Waals surface area contributed by atoms with Crippen LogP contribution in [0.2, 0.25) is 0 Å². The van der Waals surface area contributed by atoms with E-state index in [1.54, 1.807) is 6.92 Å². The van der Waals surface area contributed by atoms with Gasteiger partial charge in [-0.3, -0.25) is 9.00 Å². The van der Waals surface area contributed by atoms with Gasteiger partial charge in [-0.2, -0.15) is 0 Å². The number of hydrogen-bond acceptors (Lipinski definition) is 3. The molecule has 0 spiro atoms. The second kappa shape index (κ2) is 4.25. The molecule has 0 aromatic heterocycles. The summed E-state index contributed by atoms with van der Waals surface area (Å²) in [6, 6.07) is -1.06. The van der Waals surface area contributed by atoms with Crippen LogP contribution in [-0.4, -0.2) is 27.1 Å². The fourth-order valence-electron chi connectivity index (χ4n) is 0.377. The highest BCUT2D eigenvalue weighted by Crippen LogP contribution is 1.97. The summed E-state index contributed by atoms with van der Waals surface area (Å²) >= 11 is 0. The van der Waals surface area contributed by atoms with Crippen molar-refractivity contribution in [2.24, 2.45) is 5.73 Å². The molecule has 1 unspecified atom stereocenters. The van der Waals surface area contributed by atoms with Crippen molar-refractivity contribution in [2.75, 3.05) is 5.75 Å². The Bertz CT molecular complexity index is 202. The minimum atomic E-state index is -1.32. The van der Waals surface area contributed by atoms with E-state index in [2.05, 4.69) is 6.58 Å². The Balaban J connectivity index is 3.95. The van der Waals surface area contributed by atoms with E-state index in [9.17, 15) is 9.00 Å². The zero-order valence-corrected chi connectivity index (χ0v) is 7.06. The number of nitrogens with two attached hydrogens (primary N) is 1. The van der Waals surface area contributed by atoms with Gasteiger partial charge in [0.15, 0.2) is 0 Å². The first-order valence-electron chi connectivity index (χ1n) is 2.97. The van der Waals surface area contributed by atoms with Crippen LogP contribution in [0.4, 0.5) is 0 Å². The summed E-state index contributed by atoms with van der Waals surface area (Å²) in [6.45, 7) is 4.99. The molecular weight excluding hydrogens is 166 g/mol. The third-order valence-corrected chi connectivity index (χ3v) is 2.48. The van der Waals surface area contributed by atoms with Crippen LogP contribution in [0.25, 0.3) is 0 Å².